The number of hydrogen-bond donors (Lipinski definition) is 1. The van der Waals surface area contributed by atoms with Gasteiger partial charge in [0.05, 0.1) is 26.7 Å². The zero-order valence-electron chi connectivity index (χ0n) is 16.6. The van der Waals surface area contributed by atoms with Crippen LogP contribution in [0.3, 0.4) is 0 Å². The topological polar surface area (TPSA) is 96.4 Å². The molecule has 1 fully saturated rings. The van der Waals surface area contributed by atoms with Crippen LogP contribution in [0.2, 0.25) is 0 Å². The Kier molecular flexibility index (Phi) is 7.66. The highest BCUT2D eigenvalue weighted by molar-refractivity contribution is 5.85. The van der Waals surface area contributed by atoms with E-state index in [1.807, 2.05) is 12.1 Å². The molecule has 0 radical (unpaired) electrons. The van der Waals surface area contributed by atoms with Crippen LogP contribution in [0.15, 0.2) is 18.2 Å². The molecule has 1 aromatic carbocycles. The van der Waals surface area contributed by atoms with Crippen molar-refractivity contribution in [2.24, 2.45) is 5.92 Å². The molecular formula is C20H28N2O6. The summed E-state index contributed by atoms with van der Waals surface area (Å²) >= 11 is 0. The lowest BCUT2D eigenvalue weighted by Crippen LogP contribution is -2.46. The van der Waals surface area contributed by atoms with Crippen LogP contribution in [0.25, 0.3) is 0 Å². The fourth-order valence-electron chi connectivity index (χ4n) is 3.27. The molecule has 0 saturated carbocycles. The van der Waals surface area contributed by atoms with Crippen LogP contribution in [-0.4, -0.2) is 73.6 Å². The number of methoxy groups -OCH3 is 2. The molecule has 1 unspecified atom stereocenters. The number of carboxylic acids is 1. The Bertz CT molecular complexity index is 721. The number of benzene rings is 1. The van der Waals surface area contributed by atoms with Crippen molar-refractivity contribution < 1.29 is 29.0 Å². The molecule has 1 aliphatic rings. The third kappa shape index (κ3) is 5.61. The zero-order valence-corrected chi connectivity index (χ0v) is 16.6. The van der Waals surface area contributed by atoms with Crippen LogP contribution in [0.1, 0.15) is 24.8 Å². The maximum Gasteiger partial charge on any atom is 0.308 e. The molecule has 0 spiro atoms. The molecule has 0 aliphatic carbocycles. The Morgan fingerprint density at radius 1 is 1.21 bits per heavy atom. The summed E-state index contributed by atoms with van der Waals surface area (Å²) in [5, 5.41) is 9.14. The van der Waals surface area contributed by atoms with Crippen molar-refractivity contribution >= 4 is 17.8 Å². The summed E-state index contributed by atoms with van der Waals surface area (Å²) in [5.41, 5.74) is 0.936. The second-order valence-electron chi connectivity index (χ2n) is 6.96. The van der Waals surface area contributed by atoms with Crippen LogP contribution < -0.4 is 9.47 Å². The number of likely N-dealkylation sites (tertiary alicyclic amines) is 1. The minimum Gasteiger partial charge on any atom is -0.493 e. The number of aliphatic carboxylic acids is 1. The molecule has 1 aromatic rings. The second kappa shape index (κ2) is 9.96. The van der Waals surface area contributed by atoms with Crippen LogP contribution >= 0.6 is 0 Å². The van der Waals surface area contributed by atoms with Crippen LogP contribution in [0, 0.1) is 5.92 Å². The van der Waals surface area contributed by atoms with Crippen LogP contribution in [0.4, 0.5) is 0 Å². The van der Waals surface area contributed by atoms with Gasteiger partial charge in [0.25, 0.3) is 0 Å². The van der Waals surface area contributed by atoms with Gasteiger partial charge in [-0.2, -0.15) is 0 Å². The van der Waals surface area contributed by atoms with Gasteiger partial charge >= 0.3 is 5.97 Å². The van der Waals surface area contributed by atoms with Gasteiger partial charge in [-0.1, -0.05) is 6.07 Å². The molecular weight excluding hydrogens is 364 g/mol. The molecule has 1 atom stereocenters. The summed E-state index contributed by atoms with van der Waals surface area (Å²) in [7, 11) is 4.71. The van der Waals surface area contributed by atoms with Gasteiger partial charge in [-0.3, -0.25) is 14.4 Å². The number of carboxylic acid groups (broad SMARTS) is 1. The number of piperidine rings is 1. The molecule has 0 aromatic heterocycles. The molecule has 1 aliphatic heterocycles. The van der Waals surface area contributed by atoms with Gasteiger partial charge in [0.1, 0.15) is 0 Å². The number of likely N-dealkylation sites (N-methyl/N-ethyl adjacent to an activating group) is 1. The van der Waals surface area contributed by atoms with E-state index in [1.54, 1.807) is 32.2 Å². The van der Waals surface area contributed by atoms with Crippen molar-refractivity contribution in [3.8, 4) is 11.5 Å². The van der Waals surface area contributed by atoms with E-state index in [2.05, 4.69) is 0 Å². The third-order valence-corrected chi connectivity index (χ3v) is 5.00. The SMILES string of the molecule is COc1ccc(CCC(=O)N(C)CC(=O)N2CCCC(C(=O)O)C2)cc1OC. The summed E-state index contributed by atoms with van der Waals surface area (Å²) in [6.07, 6.45) is 2.03. The number of nitrogens with zero attached hydrogens (tertiary/aromatic N) is 2. The number of rotatable bonds is 8. The molecule has 0 bridgehead atoms. The molecule has 154 valence electrons. The zero-order chi connectivity index (χ0) is 20.7. The Morgan fingerprint density at radius 3 is 2.57 bits per heavy atom. The fourth-order valence-corrected chi connectivity index (χ4v) is 3.27. The van der Waals surface area contributed by atoms with Crippen molar-refractivity contribution in [1.82, 2.24) is 9.80 Å². The van der Waals surface area contributed by atoms with Crippen LogP contribution in [-0.2, 0) is 20.8 Å². The van der Waals surface area contributed by atoms with E-state index >= 15 is 0 Å². The molecule has 8 nitrogen and oxygen atoms in total. The first-order valence-corrected chi connectivity index (χ1v) is 9.31. The lowest BCUT2D eigenvalue weighted by molar-refractivity contribution is -0.147. The molecule has 2 rings (SSSR count). The normalized spacial score (nSPS) is 16.4. The predicted octanol–water partition coefficient (Wildman–Crippen LogP) is 1.42. The first-order valence-electron chi connectivity index (χ1n) is 9.31. The smallest absolute Gasteiger partial charge is 0.308 e. The van der Waals surface area contributed by atoms with Gasteiger partial charge in [0, 0.05) is 26.6 Å². The van der Waals surface area contributed by atoms with E-state index in [9.17, 15) is 14.4 Å². The van der Waals surface area contributed by atoms with E-state index in [4.69, 9.17) is 14.6 Å². The van der Waals surface area contributed by atoms with E-state index in [0.717, 1.165) is 5.56 Å². The molecule has 1 saturated heterocycles. The van der Waals surface area contributed by atoms with Crippen LogP contribution in [0.5, 0.6) is 11.5 Å². The second-order valence-corrected chi connectivity index (χ2v) is 6.96. The van der Waals surface area contributed by atoms with Gasteiger partial charge in [0.15, 0.2) is 11.5 Å². The van der Waals surface area contributed by atoms with Crippen molar-refractivity contribution in [1.29, 1.82) is 0 Å². The summed E-state index contributed by atoms with van der Waals surface area (Å²) < 4.78 is 10.5. The van der Waals surface area contributed by atoms with Gasteiger partial charge in [-0.05, 0) is 37.0 Å². The highest BCUT2D eigenvalue weighted by atomic mass is 16.5. The summed E-state index contributed by atoms with van der Waals surface area (Å²) in [6, 6.07) is 5.50. The first-order chi connectivity index (χ1) is 13.3. The standard InChI is InChI=1S/C20H28N2O6/c1-21(13-19(24)22-10-4-5-15(12-22)20(25)26)18(23)9-7-14-6-8-16(27-2)17(11-14)28-3/h6,8,11,15H,4-5,7,9-10,12-13H2,1-3H3,(H,25,26). The first kappa shape index (κ1) is 21.5. The largest absolute Gasteiger partial charge is 0.493 e. The lowest BCUT2D eigenvalue weighted by Gasteiger charge is -2.32. The predicted molar refractivity (Wildman–Crippen MR) is 102 cm³/mol. The van der Waals surface area contributed by atoms with Gasteiger partial charge in [-0.25, -0.2) is 0 Å². The maximum atomic E-state index is 12.4. The highest BCUT2D eigenvalue weighted by Gasteiger charge is 2.28. The number of carbonyl (C=O) groups is 3. The monoisotopic (exact) mass is 392 g/mol. The number of amides is 2. The van der Waals surface area contributed by atoms with Crippen molar-refractivity contribution in [2.75, 3.05) is 40.9 Å². The minimum absolute atomic E-state index is 0.0445. The van der Waals surface area contributed by atoms with Gasteiger partial charge < -0.3 is 24.4 Å². The quantitative estimate of drug-likeness (QED) is 0.719. The molecule has 1 heterocycles. The minimum atomic E-state index is -0.878. The average molecular weight is 392 g/mol. The van der Waals surface area contributed by atoms with E-state index < -0.39 is 11.9 Å². The summed E-state index contributed by atoms with van der Waals surface area (Å²) in [4.78, 5) is 38.9. The average Bonchev–Trinajstić information content (AvgIpc) is 2.71. The van der Waals surface area contributed by atoms with E-state index in [-0.39, 0.29) is 31.3 Å². The van der Waals surface area contributed by atoms with Gasteiger partial charge in [-0.15, -0.1) is 0 Å². The Hall–Kier alpha value is -2.77. The Balaban J connectivity index is 1.85. The number of aryl methyl sites for hydroxylation is 1. The molecule has 2 amide bonds. The van der Waals surface area contributed by atoms with Crippen molar-refractivity contribution in [3.05, 3.63) is 23.8 Å². The fraction of sp³-hybridized carbons (Fsp3) is 0.550. The Labute approximate surface area is 165 Å². The highest BCUT2D eigenvalue weighted by Crippen LogP contribution is 2.28. The van der Waals surface area contributed by atoms with Gasteiger partial charge in [0.2, 0.25) is 11.8 Å². The number of ether oxygens (including phenoxy) is 2. The molecule has 1 N–H and O–H groups in total. The maximum absolute atomic E-state index is 12.4. The summed E-state index contributed by atoms with van der Waals surface area (Å²) in [5.74, 6) is -0.529. The van der Waals surface area contributed by atoms with E-state index in [0.29, 0.717) is 37.3 Å². The lowest BCUT2D eigenvalue weighted by atomic mass is 9.98. The Morgan fingerprint density at radius 2 is 1.93 bits per heavy atom. The molecule has 28 heavy (non-hydrogen) atoms. The van der Waals surface area contributed by atoms with E-state index in [1.165, 1.54) is 4.90 Å². The number of carbonyl (C=O) groups excluding carboxylic acids is 2. The number of hydrogen-bond acceptors (Lipinski definition) is 5. The third-order valence-electron chi connectivity index (χ3n) is 5.00. The summed E-state index contributed by atoms with van der Waals surface area (Å²) in [6.45, 7) is 0.704. The van der Waals surface area contributed by atoms with Crippen molar-refractivity contribution in [3.63, 3.8) is 0 Å². The molecule has 8 heteroatoms. The van der Waals surface area contributed by atoms with Crippen molar-refractivity contribution in [2.45, 2.75) is 25.7 Å².